The van der Waals surface area contributed by atoms with Crippen LogP contribution in [0.4, 0.5) is 4.39 Å². The second kappa shape index (κ2) is 9.34. The largest absolute Gasteiger partial charge is 0.496 e. The molecule has 0 spiro atoms. The first kappa shape index (κ1) is 20.5. The van der Waals surface area contributed by atoms with E-state index in [1.54, 1.807) is 30.7 Å². The number of aromatic nitrogens is 3. The van der Waals surface area contributed by atoms with Crippen molar-refractivity contribution < 1.29 is 13.9 Å². The van der Waals surface area contributed by atoms with Crippen molar-refractivity contribution in [1.29, 1.82) is 0 Å². The molecular weight excluding hydrogens is 393 g/mol. The second-order valence-corrected chi connectivity index (χ2v) is 7.06. The molecule has 0 aliphatic heterocycles. The monoisotopic (exact) mass is 415 g/mol. The lowest BCUT2D eigenvalue weighted by molar-refractivity contribution is 0.412. The molecule has 0 aliphatic rings. The van der Waals surface area contributed by atoms with Gasteiger partial charge in [0.1, 0.15) is 17.4 Å². The lowest BCUT2D eigenvalue weighted by Gasteiger charge is -2.13. The standard InChI is InChI=1S/C25H22FN3O2/c1-17-6-3-4-7-18(17)9-12-24-28-15-20(16-29-24)31-25-22(8-5-13-27-25)21-11-10-19(26)14-23(21)30-2/h3-8,10-11,13-16H,9,12H2,1-2H3. The number of hydrogen-bond acceptors (Lipinski definition) is 5. The van der Waals surface area contributed by atoms with Gasteiger partial charge >= 0.3 is 0 Å². The van der Waals surface area contributed by atoms with Gasteiger partial charge in [-0.05, 0) is 48.7 Å². The van der Waals surface area contributed by atoms with E-state index in [0.717, 1.165) is 18.7 Å². The van der Waals surface area contributed by atoms with E-state index in [2.05, 4.69) is 34.0 Å². The van der Waals surface area contributed by atoms with Gasteiger partial charge in [0.2, 0.25) is 5.88 Å². The molecule has 2 aromatic heterocycles. The van der Waals surface area contributed by atoms with E-state index in [4.69, 9.17) is 9.47 Å². The Kier molecular flexibility index (Phi) is 6.17. The van der Waals surface area contributed by atoms with Crippen molar-refractivity contribution in [2.24, 2.45) is 0 Å². The average molecular weight is 415 g/mol. The highest BCUT2D eigenvalue weighted by molar-refractivity contribution is 5.74. The molecule has 0 bridgehead atoms. The van der Waals surface area contributed by atoms with E-state index < -0.39 is 0 Å². The van der Waals surface area contributed by atoms with Crippen LogP contribution in [0, 0.1) is 12.7 Å². The van der Waals surface area contributed by atoms with Gasteiger partial charge in [0.15, 0.2) is 5.75 Å². The molecule has 0 radical (unpaired) electrons. The molecule has 4 rings (SSSR count). The minimum Gasteiger partial charge on any atom is -0.496 e. The van der Waals surface area contributed by atoms with Crippen LogP contribution >= 0.6 is 0 Å². The number of ether oxygens (including phenoxy) is 2. The Bertz CT molecular complexity index is 1180. The highest BCUT2D eigenvalue weighted by Crippen LogP contribution is 2.37. The number of hydrogen-bond donors (Lipinski definition) is 0. The summed E-state index contributed by atoms with van der Waals surface area (Å²) in [5.74, 6) is 1.61. The fourth-order valence-electron chi connectivity index (χ4n) is 3.34. The van der Waals surface area contributed by atoms with Gasteiger partial charge in [-0.25, -0.2) is 19.3 Å². The molecule has 0 unspecified atom stereocenters. The predicted octanol–water partition coefficient (Wildman–Crippen LogP) is 5.57. The number of aryl methyl sites for hydroxylation is 3. The fraction of sp³-hybridized carbons (Fsp3) is 0.160. The topological polar surface area (TPSA) is 57.1 Å². The number of halogens is 1. The molecule has 0 saturated heterocycles. The molecule has 2 heterocycles. The van der Waals surface area contributed by atoms with E-state index in [0.29, 0.717) is 28.5 Å². The van der Waals surface area contributed by atoms with Crippen molar-refractivity contribution in [3.8, 4) is 28.5 Å². The molecule has 4 aromatic rings. The van der Waals surface area contributed by atoms with Crippen LogP contribution in [-0.4, -0.2) is 22.1 Å². The van der Waals surface area contributed by atoms with Gasteiger partial charge in [0.05, 0.1) is 19.5 Å². The van der Waals surface area contributed by atoms with E-state index in [-0.39, 0.29) is 5.82 Å². The zero-order valence-corrected chi connectivity index (χ0v) is 17.4. The Labute approximate surface area is 180 Å². The predicted molar refractivity (Wildman–Crippen MR) is 117 cm³/mol. The van der Waals surface area contributed by atoms with Gasteiger partial charge < -0.3 is 9.47 Å². The van der Waals surface area contributed by atoms with Crippen molar-refractivity contribution in [3.05, 3.63) is 96.0 Å². The van der Waals surface area contributed by atoms with E-state index in [1.165, 1.54) is 30.4 Å². The summed E-state index contributed by atoms with van der Waals surface area (Å²) in [6, 6.07) is 16.3. The van der Waals surface area contributed by atoms with Gasteiger partial charge in [-0.2, -0.15) is 0 Å². The maximum atomic E-state index is 13.6. The Morgan fingerprint density at radius 1 is 0.871 bits per heavy atom. The normalized spacial score (nSPS) is 10.7. The SMILES string of the molecule is COc1cc(F)ccc1-c1cccnc1Oc1cnc(CCc2ccccc2C)nc1. The number of methoxy groups -OCH3 is 1. The van der Waals surface area contributed by atoms with Gasteiger partial charge in [0.25, 0.3) is 0 Å². The summed E-state index contributed by atoms with van der Waals surface area (Å²) in [5, 5.41) is 0. The first-order chi connectivity index (χ1) is 15.1. The molecule has 0 amide bonds. The molecule has 156 valence electrons. The van der Waals surface area contributed by atoms with Gasteiger partial charge in [-0.15, -0.1) is 0 Å². The third-order valence-corrected chi connectivity index (χ3v) is 5.00. The minimum absolute atomic E-state index is 0.365. The third-order valence-electron chi connectivity index (χ3n) is 5.00. The summed E-state index contributed by atoms with van der Waals surface area (Å²) in [6.07, 6.45) is 6.53. The van der Waals surface area contributed by atoms with Crippen LogP contribution in [-0.2, 0) is 12.8 Å². The van der Waals surface area contributed by atoms with Crippen LogP contribution in [0.1, 0.15) is 17.0 Å². The molecule has 0 aliphatic carbocycles. The summed E-state index contributed by atoms with van der Waals surface area (Å²) >= 11 is 0. The van der Waals surface area contributed by atoms with Crippen LogP contribution in [0.5, 0.6) is 17.4 Å². The minimum atomic E-state index is -0.373. The Morgan fingerprint density at radius 2 is 1.68 bits per heavy atom. The number of pyridine rings is 1. The Morgan fingerprint density at radius 3 is 2.45 bits per heavy atom. The van der Waals surface area contributed by atoms with Gasteiger partial charge in [-0.3, -0.25) is 0 Å². The molecule has 0 fully saturated rings. The highest BCUT2D eigenvalue weighted by atomic mass is 19.1. The molecule has 2 aromatic carbocycles. The van der Waals surface area contributed by atoms with Gasteiger partial charge in [-0.1, -0.05) is 24.3 Å². The zero-order valence-electron chi connectivity index (χ0n) is 17.4. The van der Waals surface area contributed by atoms with Crippen LogP contribution < -0.4 is 9.47 Å². The first-order valence-corrected chi connectivity index (χ1v) is 9.96. The van der Waals surface area contributed by atoms with E-state index in [1.807, 2.05) is 18.2 Å². The zero-order chi connectivity index (χ0) is 21.6. The molecule has 31 heavy (non-hydrogen) atoms. The van der Waals surface area contributed by atoms with Crippen molar-refractivity contribution in [3.63, 3.8) is 0 Å². The summed E-state index contributed by atoms with van der Waals surface area (Å²) in [7, 11) is 1.50. The molecule has 5 nitrogen and oxygen atoms in total. The third kappa shape index (κ3) is 4.86. The smallest absolute Gasteiger partial charge is 0.227 e. The van der Waals surface area contributed by atoms with Crippen LogP contribution in [0.25, 0.3) is 11.1 Å². The molecule has 0 N–H and O–H groups in total. The Balaban J connectivity index is 1.51. The van der Waals surface area contributed by atoms with E-state index in [9.17, 15) is 4.39 Å². The van der Waals surface area contributed by atoms with Crippen molar-refractivity contribution in [2.75, 3.05) is 7.11 Å². The Hall–Kier alpha value is -3.80. The maximum absolute atomic E-state index is 13.6. The van der Waals surface area contributed by atoms with Crippen LogP contribution in [0.3, 0.4) is 0 Å². The lowest BCUT2D eigenvalue weighted by Crippen LogP contribution is -2.00. The molecular formula is C25H22FN3O2. The van der Waals surface area contributed by atoms with Crippen molar-refractivity contribution >= 4 is 0 Å². The molecule has 6 heteroatoms. The van der Waals surface area contributed by atoms with Crippen LogP contribution in [0.2, 0.25) is 0 Å². The number of nitrogens with zero attached hydrogens (tertiary/aromatic N) is 3. The van der Waals surface area contributed by atoms with Crippen LogP contribution in [0.15, 0.2) is 73.2 Å². The van der Waals surface area contributed by atoms with Gasteiger partial charge in [0, 0.05) is 29.8 Å². The average Bonchev–Trinajstić information content (AvgIpc) is 2.80. The first-order valence-electron chi connectivity index (χ1n) is 9.96. The second-order valence-electron chi connectivity index (χ2n) is 7.06. The fourth-order valence-corrected chi connectivity index (χ4v) is 3.34. The summed E-state index contributed by atoms with van der Waals surface area (Å²) < 4.78 is 24.9. The summed E-state index contributed by atoms with van der Waals surface area (Å²) in [4.78, 5) is 13.2. The summed E-state index contributed by atoms with van der Waals surface area (Å²) in [6.45, 7) is 2.10. The molecule has 0 saturated carbocycles. The lowest BCUT2D eigenvalue weighted by atomic mass is 10.0. The highest BCUT2D eigenvalue weighted by Gasteiger charge is 2.14. The molecule has 0 atom stereocenters. The number of benzene rings is 2. The summed E-state index contributed by atoms with van der Waals surface area (Å²) in [5.41, 5.74) is 3.92. The van der Waals surface area contributed by atoms with Crippen molar-refractivity contribution in [2.45, 2.75) is 19.8 Å². The van der Waals surface area contributed by atoms with E-state index >= 15 is 0 Å². The number of rotatable bonds is 7. The van der Waals surface area contributed by atoms with Crippen molar-refractivity contribution in [1.82, 2.24) is 15.0 Å². The quantitative estimate of drug-likeness (QED) is 0.395. The maximum Gasteiger partial charge on any atom is 0.227 e.